The molecule has 0 saturated carbocycles. The summed E-state index contributed by atoms with van der Waals surface area (Å²) in [5, 5.41) is 12.2. The summed E-state index contributed by atoms with van der Waals surface area (Å²) >= 11 is 1.47. The Balaban J connectivity index is 2.00. The molecule has 0 aliphatic rings. The second-order valence-electron chi connectivity index (χ2n) is 5.60. The average Bonchev–Trinajstić information content (AvgIpc) is 2.70. The van der Waals surface area contributed by atoms with Crippen LogP contribution in [0.15, 0.2) is 63.5 Å². The van der Waals surface area contributed by atoms with Crippen LogP contribution in [0.25, 0.3) is 0 Å². The van der Waals surface area contributed by atoms with Crippen LogP contribution >= 0.6 is 11.8 Å². The minimum atomic E-state index is -0.591. The van der Waals surface area contributed by atoms with E-state index < -0.39 is 11.9 Å². The molecule has 0 unspecified atom stereocenters. The van der Waals surface area contributed by atoms with Crippen molar-refractivity contribution in [2.24, 2.45) is 5.16 Å². The molecule has 0 amide bonds. The molecule has 0 bridgehead atoms. The van der Waals surface area contributed by atoms with Crippen molar-refractivity contribution in [2.45, 2.75) is 23.6 Å². The number of oxime groups is 1. The third-order valence-electron chi connectivity index (χ3n) is 3.41. The molecule has 2 aromatic rings. The van der Waals surface area contributed by atoms with Crippen LogP contribution in [-0.4, -0.2) is 41.8 Å². The Morgan fingerprint density at radius 2 is 1.46 bits per heavy atom. The molecule has 7 nitrogen and oxygen atoms in total. The van der Waals surface area contributed by atoms with Crippen LogP contribution in [0.5, 0.6) is 0 Å². The number of aliphatic hydroxyl groups excluding tert-OH is 1. The number of hydrogen-bond acceptors (Lipinski definition) is 8. The Kier molecular flexibility index (Phi) is 7.91. The van der Waals surface area contributed by atoms with Crippen molar-refractivity contribution in [1.82, 2.24) is 0 Å². The van der Waals surface area contributed by atoms with E-state index in [4.69, 9.17) is 9.84 Å². The summed E-state index contributed by atoms with van der Waals surface area (Å²) in [5.41, 5.74) is 0.917. The Morgan fingerprint density at radius 3 is 1.96 bits per heavy atom. The van der Waals surface area contributed by atoms with E-state index in [1.807, 2.05) is 0 Å². The molecule has 0 heterocycles. The molecule has 2 rings (SSSR count). The van der Waals surface area contributed by atoms with Gasteiger partial charge in [0.05, 0.1) is 12.2 Å². The molecule has 28 heavy (non-hydrogen) atoms. The lowest BCUT2D eigenvalue weighted by Gasteiger charge is -2.06. The molecule has 146 valence electrons. The Hall–Kier alpha value is -2.97. The van der Waals surface area contributed by atoms with Crippen LogP contribution in [0.4, 0.5) is 0 Å². The van der Waals surface area contributed by atoms with Gasteiger partial charge in [0.15, 0.2) is 0 Å². The standard InChI is InChI=1S/C20H19NO6S/c1-13(21-27-14(2)23)19(24)15-3-7-17(8-4-15)28-18-9-5-16(6-10-18)20(25)26-12-11-22/h3-10,22H,11-12H2,1-2H3/b21-13+. The van der Waals surface area contributed by atoms with E-state index in [0.717, 1.165) is 9.79 Å². The van der Waals surface area contributed by atoms with Gasteiger partial charge >= 0.3 is 11.9 Å². The van der Waals surface area contributed by atoms with Crippen LogP contribution < -0.4 is 0 Å². The average molecular weight is 401 g/mol. The molecule has 0 radical (unpaired) electrons. The fourth-order valence-electron chi connectivity index (χ4n) is 2.07. The highest BCUT2D eigenvalue weighted by Gasteiger charge is 2.11. The maximum Gasteiger partial charge on any atom is 0.338 e. The lowest BCUT2D eigenvalue weighted by molar-refractivity contribution is -0.140. The van der Waals surface area contributed by atoms with Gasteiger partial charge in [-0.1, -0.05) is 16.9 Å². The second-order valence-corrected chi connectivity index (χ2v) is 6.75. The van der Waals surface area contributed by atoms with Gasteiger partial charge in [0.25, 0.3) is 0 Å². The first kappa shape index (κ1) is 21.3. The van der Waals surface area contributed by atoms with Crippen molar-refractivity contribution in [2.75, 3.05) is 13.2 Å². The van der Waals surface area contributed by atoms with E-state index in [2.05, 4.69) is 9.99 Å². The SMILES string of the molecule is CC(=O)O/N=C(\C)C(=O)c1ccc(Sc2ccc(C(=O)OCCO)cc2)cc1. The topological polar surface area (TPSA) is 102 Å². The molecule has 0 spiro atoms. The number of benzene rings is 2. The summed E-state index contributed by atoms with van der Waals surface area (Å²) in [6.07, 6.45) is 0. The van der Waals surface area contributed by atoms with Crippen molar-refractivity contribution in [3.63, 3.8) is 0 Å². The minimum absolute atomic E-state index is 0.0362. The van der Waals surface area contributed by atoms with Crippen molar-refractivity contribution in [3.05, 3.63) is 59.7 Å². The highest BCUT2D eigenvalue weighted by atomic mass is 32.2. The zero-order valence-electron chi connectivity index (χ0n) is 15.4. The van der Waals surface area contributed by atoms with Gasteiger partial charge in [0, 0.05) is 22.3 Å². The molecule has 0 fully saturated rings. The number of carbonyl (C=O) groups excluding carboxylic acids is 3. The van der Waals surface area contributed by atoms with Crippen molar-refractivity contribution in [3.8, 4) is 0 Å². The monoisotopic (exact) mass is 401 g/mol. The first-order chi connectivity index (χ1) is 13.4. The van der Waals surface area contributed by atoms with Crippen molar-refractivity contribution >= 4 is 35.2 Å². The largest absolute Gasteiger partial charge is 0.460 e. The van der Waals surface area contributed by atoms with Gasteiger partial charge in [-0.3, -0.25) is 4.79 Å². The first-order valence-electron chi connectivity index (χ1n) is 8.33. The summed E-state index contributed by atoms with van der Waals surface area (Å²) < 4.78 is 4.86. The zero-order valence-corrected chi connectivity index (χ0v) is 16.2. The summed E-state index contributed by atoms with van der Waals surface area (Å²) in [6.45, 7) is 2.43. The highest BCUT2D eigenvalue weighted by molar-refractivity contribution is 7.99. The van der Waals surface area contributed by atoms with Crippen molar-refractivity contribution < 1.29 is 29.1 Å². The van der Waals surface area contributed by atoms with Crippen LogP contribution in [0.2, 0.25) is 0 Å². The molecular weight excluding hydrogens is 382 g/mol. The molecule has 0 aliphatic heterocycles. The minimum Gasteiger partial charge on any atom is -0.460 e. The molecular formula is C20H19NO6S. The van der Waals surface area contributed by atoms with Gasteiger partial charge in [-0.15, -0.1) is 0 Å². The molecule has 0 atom stereocenters. The molecule has 0 aliphatic carbocycles. The fraction of sp³-hybridized carbons (Fsp3) is 0.200. The van der Waals surface area contributed by atoms with Gasteiger partial charge in [-0.2, -0.15) is 0 Å². The van der Waals surface area contributed by atoms with Gasteiger partial charge in [0.1, 0.15) is 12.3 Å². The summed E-state index contributed by atoms with van der Waals surface area (Å²) in [5.74, 6) is -1.41. The number of ketones is 1. The Morgan fingerprint density at radius 1 is 0.929 bits per heavy atom. The van der Waals surface area contributed by atoms with E-state index in [1.54, 1.807) is 48.5 Å². The zero-order chi connectivity index (χ0) is 20.5. The molecule has 1 N–H and O–H groups in total. The number of Topliss-reactive ketones (excluding diaryl/α,β-unsaturated/α-hetero) is 1. The van der Waals surface area contributed by atoms with E-state index in [1.165, 1.54) is 25.6 Å². The molecule has 2 aromatic carbocycles. The third kappa shape index (κ3) is 6.33. The maximum absolute atomic E-state index is 12.2. The lowest BCUT2D eigenvalue weighted by Crippen LogP contribution is -2.11. The van der Waals surface area contributed by atoms with Crippen LogP contribution in [0.1, 0.15) is 34.6 Å². The van der Waals surface area contributed by atoms with E-state index in [9.17, 15) is 14.4 Å². The Labute approximate surface area is 166 Å². The van der Waals surface area contributed by atoms with Gasteiger partial charge in [-0.25, -0.2) is 9.59 Å². The number of ether oxygens (including phenoxy) is 1. The number of carbonyl (C=O) groups is 3. The fourth-order valence-corrected chi connectivity index (χ4v) is 2.89. The lowest BCUT2D eigenvalue weighted by atomic mass is 10.1. The number of hydrogen-bond donors (Lipinski definition) is 1. The number of rotatable bonds is 8. The molecule has 0 saturated heterocycles. The van der Waals surface area contributed by atoms with Crippen molar-refractivity contribution in [1.29, 1.82) is 0 Å². The van der Waals surface area contributed by atoms with E-state index in [-0.39, 0.29) is 24.7 Å². The van der Waals surface area contributed by atoms with Crippen LogP contribution in [0, 0.1) is 0 Å². The third-order valence-corrected chi connectivity index (χ3v) is 4.42. The Bertz CT molecular complexity index is 875. The van der Waals surface area contributed by atoms with Gasteiger partial charge in [0.2, 0.25) is 5.78 Å². The quantitative estimate of drug-likeness (QED) is 0.238. The maximum atomic E-state index is 12.2. The number of aliphatic hydroxyl groups is 1. The summed E-state index contributed by atoms with van der Waals surface area (Å²) in [4.78, 5) is 41.0. The second kappa shape index (κ2) is 10.4. The van der Waals surface area contributed by atoms with Crippen LogP contribution in [-0.2, 0) is 14.4 Å². The molecule has 0 aromatic heterocycles. The number of esters is 1. The predicted molar refractivity (Wildman–Crippen MR) is 104 cm³/mol. The summed E-state index contributed by atoms with van der Waals surface area (Å²) in [6, 6.07) is 13.8. The summed E-state index contributed by atoms with van der Waals surface area (Å²) in [7, 11) is 0. The van der Waals surface area contributed by atoms with E-state index >= 15 is 0 Å². The first-order valence-corrected chi connectivity index (χ1v) is 9.15. The highest BCUT2D eigenvalue weighted by Crippen LogP contribution is 2.28. The molecule has 8 heteroatoms. The van der Waals surface area contributed by atoms with Gasteiger partial charge < -0.3 is 14.7 Å². The van der Waals surface area contributed by atoms with Crippen LogP contribution in [0.3, 0.4) is 0 Å². The van der Waals surface area contributed by atoms with Gasteiger partial charge in [-0.05, 0) is 55.5 Å². The predicted octanol–water partition coefficient (Wildman–Crippen LogP) is 3.11. The smallest absolute Gasteiger partial charge is 0.338 e. The number of nitrogens with zero attached hydrogens (tertiary/aromatic N) is 1. The normalized spacial score (nSPS) is 11.0. The van der Waals surface area contributed by atoms with E-state index in [0.29, 0.717) is 11.1 Å².